The molecule has 1 aromatic rings. The number of allylic oxidation sites excluding steroid dienone is 2. The van der Waals surface area contributed by atoms with E-state index in [1.807, 2.05) is 0 Å². The zero-order chi connectivity index (χ0) is 14.1. The second-order valence-corrected chi connectivity index (χ2v) is 5.65. The smallest absolute Gasteiger partial charge is 0.340 e. The van der Waals surface area contributed by atoms with Crippen molar-refractivity contribution in [2.45, 2.75) is 38.2 Å². The molecule has 4 nitrogen and oxygen atoms in total. The van der Waals surface area contributed by atoms with Crippen molar-refractivity contribution in [1.82, 2.24) is 0 Å². The highest BCUT2D eigenvalue weighted by molar-refractivity contribution is 5.76. The Balaban J connectivity index is 1.58. The SMILES string of the molecule is O=C(OC1=C2CCC(C2)C1)[C@@H](O)Cc1ccc(O)cc1. The van der Waals surface area contributed by atoms with Gasteiger partial charge in [0.1, 0.15) is 11.5 Å². The van der Waals surface area contributed by atoms with Gasteiger partial charge in [-0.3, -0.25) is 0 Å². The van der Waals surface area contributed by atoms with Crippen LogP contribution in [0, 0.1) is 5.92 Å². The maximum absolute atomic E-state index is 11.9. The Morgan fingerprint density at radius 1 is 1.30 bits per heavy atom. The summed E-state index contributed by atoms with van der Waals surface area (Å²) in [7, 11) is 0. The lowest BCUT2D eigenvalue weighted by Crippen LogP contribution is -2.25. The lowest BCUT2D eigenvalue weighted by molar-refractivity contribution is -0.149. The fraction of sp³-hybridized carbons (Fsp3) is 0.438. The van der Waals surface area contributed by atoms with Gasteiger partial charge in [-0.1, -0.05) is 12.1 Å². The summed E-state index contributed by atoms with van der Waals surface area (Å²) in [4.78, 5) is 11.9. The molecule has 0 aromatic heterocycles. The Labute approximate surface area is 117 Å². The number of phenols is 1. The van der Waals surface area contributed by atoms with Crippen LogP contribution >= 0.6 is 0 Å². The molecule has 1 saturated carbocycles. The molecule has 1 fully saturated rings. The van der Waals surface area contributed by atoms with Crippen LogP contribution in [-0.2, 0) is 16.0 Å². The van der Waals surface area contributed by atoms with Crippen LogP contribution in [0.2, 0.25) is 0 Å². The highest BCUT2D eigenvalue weighted by Gasteiger charge is 2.33. The molecule has 2 bridgehead atoms. The van der Waals surface area contributed by atoms with E-state index in [0.29, 0.717) is 5.92 Å². The standard InChI is InChI=1S/C16H18O4/c17-13-5-2-10(3-6-13)8-14(18)16(19)20-15-9-11-1-4-12(15)7-11/h2-3,5-6,11,14,17-18H,1,4,7-9H2/t11?,14-/m0/s1. The van der Waals surface area contributed by atoms with E-state index < -0.39 is 12.1 Å². The molecule has 0 amide bonds. The summed E-state index contributed by atoms with van der Waals surface area (Å²) in [5.74, 6) is 1.02. The third kappa shape index (κ3) is 2.70. The van der Waals surface area contributed by atoms with Gasteiger partial charge in [-0.2, -0.15) is 0 Å². The van der Waals surface area contributed by atoms with Gasteiger partial charge in [0.2, 0.25) is 0 Å². The maximum atomic E-state index is 11.9. The first-order valence-corrected chi connectivity index (χ1v) is 7.00. The number of fused-ring (bicyclic) bond motifs is 2. The lowest BCUT2D eigenvalue weighted by Gasteiger charge is -2.15. The van der Waals surface area contributed by atoms with Crippen molar-refractivity contribution in [3.63, 3.8) is 0 Å². The Morgan fingerprint density at radius 3 is 2.65 bits per heavy atom. The van der Waals surface area contributed by atoms with Crippen LogP contribution in [0.1, 0.15) is 31.2 Å². The number of carbonyl (C=O) groups excluding carboxylic acids is 1. The molecular weight excluding hydrogens is 256 g/mol. The van der Waals surface area contributed by atoms with Crippen LogP contribution in [-0.4, -0.2) is 22.3 Å². The number of ether oxygens (including phenoxy) is 1. The van der Waals surface area contributed by atoms with E-state index in [-0.39, 0.29) is 12.2 Å². The Morgan fingerprint density at radius 2 is 2.05 bits per heavy atom. The van der Waals surface area contributed by atoms with Crippen molar-refractivity contribution in [3.05, 3.63) is 41.2 Å². The molecule has 2 N–H and O–H groups in total. The van der Waals surface area contributed by atoms with E-state index in [0.717, 1.165) is 30.6 Å². The Hall–Kier alpha value is -1.81. The molecule has 2 aliphatic rings. The van der Waals surface area contributed by atoms with Crippen LogP contribution in [0.4, 0.5) is 0 Å². The molecular formula is C16H18O4. The molecule has 0 aliphatic heterocycles. The van der Waals surface area contributed by atoms with Crippen molar-refractivity contribution in [3.8, 4) is 5.75 Å². The maximum Gasteiger partial charge on any atom is 0.340 e. The molecule has 106 valence electrons. The minimum atomic E-state index is -1.16. The fourth-order valence-electron chi connectivity index (χ4n) is 3.01. The van der Waals surface area contributed by atoms with Gasteiger partial charge in [0.25, 0.3) is 0 Å². The molecule has 0 saturated heterocycles. The average molecular weight is 274 g/mol. The Bertz CT molecular complexity index is 544. The van der Waals surface area contributed by atoms with Gasteiger partial charge in [-0.05, 0) is 48.4 Å². The molecule has 1 aromatic carbocycles. The zero-order valence-corrected chi connectivity index (χ0v) is 11.2. The van der Waals surface area contributed by atoms with Gasteiger partial charge in [0.05, 0.1) is 0 Å². The molecule has 1 unspecified atom stereocenters. The molecule has 20 heavy (non-hydrogen) atoms. The van der Waals surface area contributed by atoms with Crippen molar-refractivity contribution in [2.24, 2.45) is 5.92 Å². The lowest BCUT2D eigenvalue weighted by atomic mass is 10.0. The largest absolute Gasteiger partial charge is 0.508 e. The Kier molecular flexibility index (Phi) is 3.49. The number of aromatic hydroxyl groups is 1. The third-order valence-corrected chi connectivity index (χ3v) is 4.12. The summed E-state index contributed by atoms with van der Waals surface area (Å²) in [6.07, 6.45) is 3.16. The molecule has 2 atom stereocenters. The highest BCUT2D eigenvalue weighted by Crippen LogP contribution is 2.44. The van der Waals surface area contributed by atoms with Crippen LogP contribution in [0.5, 0.6) is 5.75 Å². The fourth-order valence-corrected chi connectivity index (χ4v) is 3.01. The van der Waals surface area contributed by atoms with Crippen LogP contribution in [0.25, 0.3) is 0 Å². The predicted molar refractivity (Wildman–Crippen MR) is 72.9 cm³/mol. The van der Waals surface area contributed by atoms with Gasteiger partial charge in [-0.25, -0.2) is 4.79 Å². The third-order valence-electron chi connectivity index (χ3n) is 4.12. The van der Waals surface area contributed by atoms with E-state index in [2.05, 4.69) is 0 Å². The number of aliphatic hydroxyl groups excluding tert-OH is 1. The van der Waals surface area contributed by atoms with Gasteiger partial charge in [0, 0.05) is 12.8 Å². The molecule has 4 heteroatoms. The molecule has 3 rings (SSSR count). The first kappa shape index (κ1) is 13.2. The van der Waals surface area contributed by atoms with Crippen LogP contribution in [0.3, 0.4) is 0 Å². The predicted octanol–water partition coefficient (Wildman–Crippen LogP) is 2.30. The second kappa shape index (κ2) is 5.29. The van der Waals surface area contributed by atoms with E-state index in [9.17, 15) is 15.0 Å². The van der Waals surface area contributed by atoms with E-state index >= 15 is 0 Å². The zero-order valence-electron chi connectivity index (χ0n) is 11.2. The number of hydrogen-bond acceptors (Lipinski definition) is 4. The summed E-state index contributed by atoms with van der Waals surface area (Å²) in [6, 6.07) is 6.44. The topological polar surface area (TPSA) is 66.8 Å². The summed E-state index contributed by atoms with van der Waals surface area (Å²) in [6.45, 7) is 0. The highest BCUT2D eigenvalue weighted by atomic mass is 16.6. The normalized spacial score (nSPS) is 22.1. The number of carbonyl (C=O) groups is 1. The van der Waals surface area contributed by atoms with Gasteiger partial charge in [-0.15, -0.1) is 0 Å². The number of hydrogen-bond donors (Lipinski definition) is 2. The van der Waals surface area contributed by atoms with Crippen LogP contribution in [0.15, 0.2) is 35.6 Å². The molecule has 0 spiro atoms. The second-order valence-electron chi connectivity index (χ2n) is 5.65. The van der Waals surface area contributed by atoms with Crippen molar-refractivity contribution in [2.75, 3.05) is 0 Å². The first-order valence-electron chi connectivity index (χ1n) is 7.00. The van der Waals surface area contributed by atoms with E-state index in [1.165, 1.54) is 24.1 Å². The summed E-state index contributed by atoms with van der Waals surface area (Å²) < 4.78 is 5.34. The minimum absolute atomic E-state index is 0.166. The number of phenolic OH excluding ortho intramolecular Hbond substituents is 1. The molecule has 2 aliphatic carbocycles. The van der Waals surface area contributed by atoms with E-state index in [4.69, 9.17) is 4.74 Å². The van der Waals surface area contributed by atoms with Gasteiger partial charge < -0.3 is 14.9 Å². The van der Waals surface area contributed by atoms with Gasteiger partial charge in [0.15, 0.2) is 6.10 Å². The quantitative estimate of drug-likeness (QED) is 0.827. The van der Waals surface area contributed by atoms with Crippen molar-refractivity contribution in [1.29, 1.82) is 0 Å². The number of rotatable bonds is 4. The number of esters is 1. The van der Waals surface area contributed by atoms with Crippen molar-refractivity contribution < 1.29 is 19.7 Å². The molecule has 0 heterocycles. The number of benzene rings is 1. The summed E-state index contributed by atoms with van der Waals surface area (Å²) in [5, 5.41) is 19.1. The first-order chi connectivity index (χ1) is 9.61. The summed E-state index contributed by atoms with van der Waals surface area (Å²) >= 11 is 0. The molecule has 0 radical (unpaired) electrons. The monoisotopic (exact) mass is 274 g/mol. The average Bonchev–Trinajstić information content (AvgIpc) is 3.03. The summed E-state index contributed by atoms with van der Waals surface area (Å²) in [5.41, 5.74) is 2.04. The van der Waals surface area contributed by atoms with Crippen LogP contribution < -0.4 is 0 Å². The van der Waals surface area contributed by atoms with E-state index in [1.54, 1.807) is 12.1 Å². The number of aliphatic hydroxyl groups is 1. The minimum Gasteiger partial charge on any atom is -0.508 e. The van der Waals surface area contributed by atoms with Crippen molar-refractivity contribution >= 4 is 5.97 Å². The van der Waals surface area contributed by atoms with Gasteiger partial charge >= 0.3 is 5.97 Å².